The highest BCUT2D eigenvalue weighted by atomic mass is 16.5. The van der Waals surface area contributed by atoms with Crippen LogP contribution in [0.3, 0.4) is 0 Å². The van der Waals surface area contributed by atoms with Crippen molar-refractivity contribution in [1.29, 1.82) is 0 Å². The zero-order valence-electron chi connectivity index (χ0n) is 12.5. The highest BCUT2D eigenvalue weighted by molar-refractivity contribution is 5.75. The molecule has 6 heteroatoms. The van der Waals surface area contributed by atoms with Gasteiger partial charge in [-0.3, -0.25) is 4.79 Å². The molecular weight excluding hydrogens is 284 g/mol. The molecule has 2 rings (SSSR count). The van der Waals surface area contributed by atoms with Crippen LogP contribution in [0.4, 0.5) is 4.79 Å². The molecule has 1 aliphatic rings. The lowest BCUT2D eigenvalue weighted by Gasteiger charge is -2.17. The predicted molar refractivity (Wildman–Crippen MR) is 81.4 cm³/mol. The van der Waals surface area contributed by atoms with Crippen LogP contribution >= 0.6 is 0 Å². The van der Waals surface area contributed by atoms with Gasteiger partial charge in [0.1, 0.15) is 0 Å². The molecule has 1 saturated heterocycles. The number of benzene rings is 1. The second-order valence-electron chi connectivity index (χ2n) is 5.48. The Bertz CT molecular complexity index is 492. The number of amides is 2. The normalized spacial score (nSPS) is 17.5. The first-order valence-corrected chi connectivity index (χ1v) is 7.51. The van der Waals surface area contributed by atoms with Gasteiger partial charge in [0.05, 0.1) is 19.6 Å². The van der Waals surface area contributed by atoms with E-state index in [0.29, 0.717) is 32.2 Å². The van der Waals surface area contributed by atoms with Crippen molar-refractivity contribution in [2.45, 2.75) is 19.4 Å². The molecule has 0 saturated carbocycles. The van der Waals surface area contributed by atoms with E-state index in [2.05, 4.69) is 5.32 Å². The maximum absolute atomic E-state index is 11.8. The lowest BCUT2D eigenvalue weighted by molar-refractivity contribution is -0.136. The van der Waals surface area contributed by atoms with Gasteiger partial charge in [-0.25, -0.2) is 4.79 Å². The predicted octanol–water partition coefficient (Wildman–Crippen LogP) is 1.71. The molecule has 1 aliphatic heterocycles. The molecule has 2 amide bonds. The lowest BCUT2D eigenvalue weighted by Crippen LogP contribution is -2.39. The minimum Gasteiger partial charge on any atom is -0.481 e. The summed E-state index contributed by atoms with van der Waals surface area (Å²) in [5.41, 5.74) is 1.14. The molecule has 0 spiro atoms. The highest BCUT2D eigenvalue weighted by Crippen LogP contribution is 2.17. The monoisotopic (exact) mass is 306 g/mol. The Balaban J connectivity index is 1.62. The third-order valence-electron chi connectivity index (χ3n) is 3.65. The zero-order valence-corrected chi connectivity index (χ0v) is 12.5. The van der Waals surface area contributed by atoms with Crippen LogP contribution in [-0.4, -0.2) is 48.2 Å². The van der Waals surface area contributed by atoms with E-state index in [9.17, 15) is 9.59 Å². The number of ether oxygens (including phenoxy) is 1. The first kappa shape index (κ1) is 16.3. The molecule has 1 aromatic rings. The summed E-state index contributed by atoms with van der Waals surface area (Å²) in [7, 11) is 0. The van der Waals surface area contributed by atoms with Gasteiger partial charge in [-0.1, -0.05) is 30.3 Å². The molecule has 0 radical (unpaired) electrons. The van der Waals surface area contributed by atoms with E-state index in [4.69, 9.17) is 9.84 Å². The van der Waals surface area contributed by atoms with Gasteiger partial charge >= 0.3 is 12.0 Å². The summed E-state index contributed by atoms with van der Waals surface area (Å²) in [6.45, 7) is 2.74. The summed E-state index contributed by atoms with van der Waals surface area (Å²) in [6.07, 6.45) is 0.865. The van der Waals surface area contributed by atoms with E-state index in [-0.39, 0.29) is 19.0 Å². The molecule has 1 heterocycles. The van der Waals surface area contributed by atoms with Crippen LogP contribution in [0.1, 0.15) is 18.4 Å². The Hall–Kier alpha value is -2.08. The summed E-state index contributed by atoms with van der Waals surface area (Å²) in [6, 6.07) is 9.80. The number of hydrogen-bond donors (Lipinski definition) is 2. The number of urea groups is 1. The minimum absolute atomic E-state index is 0.0524. The molecule has 0 aromatic heterocycles. The number of likely N-dealkylation sites (tertiary alicyclic amines) is 1. The van der Waals surface area contributed by atoms with Gasteiger partial charge in [0.2, 0.25) is 0 Å². The third-order valence-corrected chi connectivity index (χ3v) is 3.65. The van der Waals surface area contributed by atoms with Crippen molar-refractivity contribution in [3.05, 3.63) is 35.9 Å². The molecule has 1 fully saturated rings. The molecule has 1 atom stereocenters. The van der Waals surface area contributed by atoms with Crippen molar-refractivity contribution in [3.8, 4) is 0 Å². The van der Waals surface area contributed by atoms with Crippen molar-refractivity contribution in [3.63, 3.8) is 0 Å². The van der Waals surface area contributed by atoms with Gasteiger partial charge < -0.3 is 20.1 Å². The topological polar surface area (TPSA) is 78.9 Å². The van der Waals surface area contributed by atoms with Crippen LogP contribution in [0.25, 0.3) is 0 Å². The number of carboxylic acids is 1. The number of aliphatic carboxylic acids is 1. The fourth-order valence-corrected chi connectivity index (χ4v) is 2.46. The average Bonchev–Trinajstić information content (AvgIpc) is 2.97. The van der Waals surface area contributed by atoms with Crippen LogP contribution in [0, 0.1) is 5.92 Å². The van der Waals surface area contributed by atoms with Crippen molar-refractivity contribution in [2.75, 3.05) is 26.2 Å². The van der Waals surface area contributed by atoms with E-state index in [1.54, 1.807) is 4.90 Å². The van der Waals surface area contributed by atoms with E-state index in [0.717, 1.165) is 12.0 Å². The van der Waals surface area contributed by atoms with Crippen LogP contribution in [0.5, 0.6) is 0 Å². The molecule has 0 aliphatic carbocycles. The molecular formula is C16H22N2O4. The highest BCUT2D eigenvalue weighted by Gasteiger charge is 2.26. The Morgan fingerprint density at radius 2 is 2.09 bits per heavy atom. The van der Waals surface area contributed by atoms with Crippen LogP contribution in [0.15, 0.2) is 30.3 Å². The van der Waals surface area contributed by atoms with Crippen LogP contribution in [-0.2, 0) is 16.1 Å². The van der Waals surface area contributed by atoms with Crippen LogP contribution < -0.4 is 5.32 Å². The third kappa shape index (κ3) is 5.37. The summed E-state index contributed by atoms with van der Waals surface area (Å²) in [5, 5.41) is 11.2. The zero-order chi connectivity index (χ0) is 15.8. The minimum atomic E-state index is -0.908. The van der Waals surface area contributed by atoms with E-state index in [1.165, 1.54) is 0 Å². The van der Waals surface area contributed by atoms with Gasteiger partial charge in [-0.15, -0.1) is 0 Å². The van der Waals surface area contributed by atoms with Crippen molar-refractivity contribution >= 4 is 12.0 Å². The number of carbonyl (C=O) groups excluding carboxylic acids is 1. The summed E-state index contributed by atoms with van der Waals surface area (Å²) in [4.78, 5) is 24.0. The molecule has 0 bridgehead atoms. The largest absolute Gasteiger partial charge is 0.481 e. The number of carboxylic acid groups (broad SMARTS) is 1. The Labute approximate surface area is 130 Å². The van der Waals surface area contributed by atoms with Gasteiger partial charge in [-0.2, -0.15) is 0 Å². The van der Waals surface area contributed by atoms with Gasteiger partial charge in [0, 0.05) is 25.6 Å². The van der Waals surface area contributed by atoms with Crippen LogP contribution in [0.2, 0.25) is 0 Å². The van der Waals surface area contributed by atoms with E-state index >= 15 is 0 Å². The average molecular weight is 306 g/mol. The Morgan fingerprint density at radius 1 is 1.32 bits per heavy atom. The Morgan fingerprint density at radius 3 is 2.82 bits per heavy atom. The standard InChI is InChI=1S/C16H22N2O4/c19-15(20)6-8-17-16(21)18-9-7-14(10-18)12-22-11-13-4-2-1-3-5-13/h1-5,14H,6-12H2,(H,17,21)(H,19,20). The van der Waals surface area contributed by atoms with E-state index in [1.807, 2.05) is 30.3 Å². The summed E-state index contributed by atoms with van der Waals surface area (Å²) in [5.74, 6) is -0.567. The fraction of sp³-hybridized carbons (Fsp3) is 0.500. The smallest absolute Gasteiger partial charge is 0.317 e. The number of hydrogen-bond acceptors (Lipinski definition) is 3. The molecule has 2 N–H and O–H groups in total. The fourth-order valence-electron chi connectivity index (χ4n) is 2.46. The second kappa shape index (κ2) is 8.38. The van der Waals surface area contributed by atoms with E-state index < -0.39 is 5.97 Å². The number of nitrogens with one attached hydrogen (secondary N) is 1. The lowest BCUT2D eigenvalue weighted by atomic mass is 10.1. The van der Waals surface area contributed by atoms with Crippen molar-refractivity contribution in [2.24, 2.45) is 5.92 Å². The molecule has 1 unspecified atom stereocenters. The maximum atomic E-state index is 11.8. The summed E-state index contributed by atoms with van der Waals surface area (Å²) >= 11 is 0. The quantitative estimate of drug-likeness (QED) is 0.804. The molecule has 6 nitrogen and oxygen atoms in total. The number of rotatable bonds is 7. The van der Waals surface area contributed by atoms with Crippen molar-refractivity contribution < 1.29 is 19.4 Å². The number of carbonyl (C=O) groups is 2. The van der Waals surface area contributed by atoms with Gasteiger partial charge in [0.15, 0.2) is 0 Å². The molecule has 120 valence electrons. The van der Waals surface area contributed by atoms with Gasteiger partial charge in [-0.05, 0) is 12.0 Å². The van der Waals surface area contributed by atoms with Gasteiger partial charge in [0.25, 0.3) is 0 Å². The summed E-state index contributed by atoms with van der Waals surface area (Å²) < 4.78 is 5.71. The molecule has 1 aromatic carbocycles. The SMILES string of the molecule is O=C(O)CCNC(=O)N1CCC(COCc2ccccc2)C1. The van der Waals surface area contributed by atoms with Crippen molar-refractivity contribution in [1.82, 2.24) is 10.2 Å². The second-order valence-corrected chi connectivity index (χ2v) is 5.48. The first-order chi connectivity index (χ1) is 10.6. The maximum Gasteiger partial charge on any atom is 0.317 e. The first-order valence-electron chi connectivity index (χ1n) is 7.51. The molecule has 22 heavy (non-hydrogen) atoms. The number of nitrogens with zero attached hydrogens (tertiary/aromatic N) is 1. The Kier molecular flexibility index (Phi) is 6.21.